The standard InChI is InChI=1S/C18H20N4OS/c1-2-3-4-18(23)21-14-9-17(24-12-14)16-11-20-10-15(22-16)13-5-7-19-8-6-13/h5,8-12H,2-4,6-7H2,1H3,(H,21,23). The number of rotatable bonds is 6. The van der Waals surface area contributed by atoms with Crippen LogP contribution in [-0.2, 0) is 4.79 Å². The topological polar surface area (TPSA) is 67.2 Å². The van der Waals surface area contributed by atoms with Crippen molar-refractivity contribution in [3.63, 3.8) is 0 Å². The number of amides is 1. The molecule has 0 saturated heterocycles. The van der Waals surface area contributed by atoms with Crippen LogP contribution >= 0.6 is 11.3 Å². The molecule has 0 atom stereocenters. The van der Waals surface area contributed by atoms with Gasteiger partial charge in [-0.25, -0.2) is 4.98 Å². The fraction of sp³-hybridized carbons (Fsp3) is 0.333. The summed E-state index contributed by atoms with van der Waals surface area (Å²) in [6.45, 7) is 2.78. The number of thiophene rings is 1. The molecular formula is C18H20N4OS. The highest BCUT2D eigenvalue weighted by Gasteiger charge is 2.10. The number of hydrogen-bond acceptors (Lipinski definition) is 5. The number of aromatic nitrogens is 2. The number of hydrogen-bond donors (Lipinski definition) is 1. The van der Waals surface area contributed by atoms with Gasteiger partial charge in [-0.3, -0.25) is 14.8 Å². The first-order chi connectivity index (χ1) is 11.8. The van der Waals surface area contributed by atoms with Crippen molar-refractivity contribution in [2.45, 2.75) is 32.6 Å². The van der Waals surface area contributed by atoms with Gasteiger partial charge in [0.1, 0.15) is 0 Å². The molecule has 2 aromatic rings. The van der Waals surface area contributed by atoms with E-state index >= 15 is 0 Å². The molecule has 1 aliphatic rings. The molecule has 0 aliphatic carbocycles. The first-order valence-corrected chi connectivity index (χ1v) is 9.02. The van der Waals surface area contributed by atoms with Crippen molar-refractivity contribution >= 4 is 34.7 Å². The second kappa shape index (κ2) is 7.97. The summed E-state index contributed by atoms with van der Waals surface area (Å²) >= 11 is 1.56. The third-order valence-corrected chi connectivity index (χ3v) is 4.69. The van der Waals surface area contributed by atoms with Gasteiger partial charge < -0.3 is 5.32 Å². The predicted octanol–water partition coefficient (Wildman–Crippen LogP) is 4.19. The number of unbranched alkanes of at least 4 members (excludes halogenated alkanes) is 1. The lowest BCUT2D eigenvalue weighted by Gasteiger charge is -2.08. The molecule has 124 valence electrons. The van der Waals surface area contributed by atoms with E-state index in [-0.39, 0.29) is 5.91 Å². The van der Waals surface area contributed by atoms with Crippen LogP contribution in [0, 0.1) is 0 Å². The highest BCUT2D eigenvalue weighted by atomic mass is 32.1. The van der Waals surface area contributed by atoms with Crippen molar-refractivity contribution in [2.24, 2.45) is 4.99 Å². The Bertz CT molecular complexity index is 779. The molecule has 0 radical (unpaired) electrons. The SMILES string of the molecule is CCCCC(=O)Nc1csc(-c2cncc(C3=CCN=CC3)n2)c1. The maximum Gasteiger partial charge on any atom is 0.224 e. The smallest absolute Gasteiger partial charge is 0.224 e. The van der Waals surface area contributed by atoms with Crippen LogP contribution in [0.1, 0.15) is 38.3 Å². The van der Waals surface area contributed by atoms with Crippen molar-refractivity contribution < 1.29 is 4.79 Å². The molecule has 3 heterocycles. The van der Waals surface area contributed by atoms with Crippen LogP contribution < -0.4 is 5.32 Å². The van der Waals surface area contributed by atoms with Gasteiger partial charge in [-0.2, -0.15) is 0 Å². The Morgan fingerprint density at radius 2 is 2.21 bits per heavy atom. The zero-order valence-electron chi connectivity index (χ0n) is 13.7. The lowest BCUT2D eigenvalue weighted by Crippen LogP contribution is -2.10. The van der Waals surface area contributed by atoms with Gasteiger partial charge >= 0.3 is 0 Å². The van der Waals surface area contributed by atoms with Crippen molar-refractivity contribution in [1.29, 1.82) is 0 Å². The van der Waals surface area contributed by atoms with Crippen LogP contribution in [0.25, 0.3) is 16.1 Å². The Morgan fingerprint density at radius 1 is 1.33 bits per heavy atom. The average Bonchev–Trinajstić information content (AvgIpc) is 3.09. The van der Waals surface area contributed by atoms with Gasteiger partial charge in [0.25, 0.3) is 0 Å². The van der Waals surface area contributed by atoms with Gasteiger partial charge in [-0.1, -0.05) is 19.4 Å². The van der Waals surface area contributed by atoms with E-state index in [0.717, 1.165) is 46.8 Å². The van der Waals surface area contributed by atoms with Gasteiger partial charge in [0, 0.05) is 24.4 Å². The molecule has 1 amide bonds. The summed E-state index contributed by atoms with van der Waals surface area (Å²) in [6.07, 6.45) is 10.8. The molecule has 3 rings (SSSR count). The average molecular weight is 340 g/mol. The first-order valence-electron chi connectivity index (χ1n) is 8.14. The largest absolute Gasteiger partial charge is 0.325 e. The van der Waals surface area contributed by atoms with Crippen LogP contribution in [0.2, 0.25) is 0 Å². The molecular weight excluding hydrogens is 320 g/mol. The van der Waals surface area contributed by atoms with Crippen molar-refractivity contribution in [2.75, 3.05) is 11.9 Å². The van der Waals surface area contributed by atoms with E-state index in [9.17, 15) is 4.79 Å². The van der Waals surface area contributed by atoms with E-state index in [1.54, 1.807) is 23.7 Å². The first kappa shape index (κ1) is 16.5. The summed E-state index contributed by atoms with van der Waals surface area (Å²) in [7, 11) is 0. The zero-order valence-corrected chi connectivity index (χ0v) is 14.5. The molecule has 5 nitrogen and oxygen atoms in total. The van der Waals surface area contributed by atoms with E-state index in [2.05, 4.69) is 28.3 Å². The summed E-state index contributed by atoms with van der Waals surface area (Å²) in [6, 6.07) is 1.96. The summed E-state index contributed by atoms with van der Waals surface area (Å²) in [5, 5.41) is 4.88. The van der Waals surface area contributed by atoms with E-state index in [1.807, 2.05) is 17.7 Å². The summed E-state index contributed by atoms with van der Waals surface area (Å²) in [5.74, 6) is 0.0627. The van der Waals surface area contributed by atoms with E-state index in [0.29, 0.717) is 13.0 Å². The lowest BCUT2D eigenvalue weighted by atomic mass is 10.1. The third kappa shape index (κ3) is 4.14. The van der Waals surface area contributed by atoms with E-state index in [1.165, 1.54) is 0 Å². The Hall–Kier alpha value is -2.34. The fourth-order valence-electron chi connectivity index (χ4n) is 2.43. The molecule has 0 unspecified atom stereocenters. The van der Waals surface area contributed by atoms with Gasteiger partial charge in [0.2, 0.25) is 5.91 Å². The molecule has 1 N–H and O–H groups in total. The summed E-state index contributed by atoms with van der Waals surface area (Å²) in [5.41, 5.74) is 3.70. The minimum absolute atomic E-state index is 0.0627. The van der Waals surface area contributed by atoms with Gasteiger partial charge in [0.05, 0.1) is 40.9 Å². The Kier molecular flexibility index (Phi) is 5.48. The molecule has 0 saturated carbocycles. The minimum Gasteiger partial charge on any atom is -0.325 e. The number of aliphatic imine (C=N–C) groups is 1. The second-order valence-electron chi connectivity index (χ2n) is 5.62. The number of anilines is 1. The van der Waals surface area contributed by atoms with E-state index in [4.69, 9.17) is 4.98 Å². The van der Waals surface area contributed by atoms with Gasteiger partial charge in [-0.15, -0.1) is 11.3 Å². The number of carbonyl (C=O) groups excluding carboxylic acids is 1. The Balaban J connectivity index is 1.73. The zero-order chi connectivity index (χ0) is 16.8. The molecule has 0 bridgehead atoms. The quantitative estimate of drug-likeness (QED) is 0.857. The van der Waals surface area contributed by atoms with E-state index < -0.39 is 0 Å². The Labute approximate surface area is 145 Å². The highest BCUT2D eigenvalue weighted by Crippen LogP contribution is 2.29. The molecule has 0 fully saturated rings. The minimum atomic E-state index is 0.0627. The molecule has 6 heteroatoms. The molecule has 0 spiro atoms. The van der Waals surface area contributed by atoms with Crippen LogP contribution in [0.5, 0.6) is 0 Å². The Morgan fingerprint density at radius 3 is 3.00 bits per heavy atom. The maximum absolute atomic E-state index is 11.8. The molecule has 2 aromatic heterocycles. The van der Waals surface area contributed by atoms with Crippen LogP contribution in [-0.4, -0.2) is 28.6 Å². The third-order valence-electron chi connectivity index (χ3n) is 3.74. The lowest BCUT2D eigenvalue weighted by molar-refractivity contribution is -0.116. The van der Waals surface area contributed by atoms with Crippen molar-refractivity contribution in [3.8, 4) is 10.6 Å². The van der Waals surface area contributed by atoms with Gasteiger partial charge in [0.15, 0.2) is 0 Å². The van der Waals surface area contributed by atoms with Crippen LogP contribution in [0.3, 0.4) is 0 Å². The number of carbonyl (C=O) groups is 1. The number of allylic oxidation sites excluding steroid dienone is 1. The normalized spacial score (nSPS) is 13.6. The highest BCUT2D eigenvalue weighted by molar-refractivity contribution is 7.14. The number of dihydropyridines is 1. The number of nitrogens with zero attached hydrogens (tertiary/aromatic N) is 3. The summed E-state index contributed by atoms with van der Waals surface area (Å²) < 4.78 is 0. The fourth-order valence-corrected chi connectivity index (χ4v) is 3.22. The van der Waals surface area contributed by atoms with Crippen LogP contribution in [0.15, 0.2) is 34.9 Å². The number of nitrogens with one attached hydrogen (secondary N) is 1. The molecule has 24 heavy (non-hydrogen) atoms. The maximum atomic E-state index is 11.8. The predicted molar refractivity (Wildman–Crippen MR) is 99.5 cm³/mol. The van der Waals surface area contributed by atoms with Crippen molar-refractivity contribution in [1.82, 2.24) is 9.97 Å². The van der Waals surface area contributed by atoms with Crippen LogP contribution in [0.4, 0.5) is 5.69 Å². The monoisotopic (exact) mass is 340 g/mol. The summed E-state index contributed by atoms with van der Waals surface area (Å²) in [4.78, 5) is 26.1. The molecule has 1 aliphatic heterocycles. The molecule has 0 aromatic carbocycles. The van der Waals surface area contributed by atoms with Crippen molar-refractivity contribution in [3.05, 3.63) is 35.6 Å². The van der Waals surface area contributed by atoms with Gasteiger partial charge in [-0.05, 0) is 18.1 Å². The second-order valence-corrected chi connectivity index (χ2v) is 6.53.